The molecular formula is C12H15ClIN3O3. The van der Waals surface area contributed by atoms with Gasteiger partial charge in [0.05, 0.1) is 10.5 Å². The third-order valence-corrected chi connectivity index (χ3v) is 3.97. The topological polar surface area (TPSA) is 84.3 Å². The number of non-ortho nitro benzene ring substituents is 1. The fourth-order valence-corrected chi connectivity index (χ4v) is 2.79. The summed E-state index contributed by atoms with van der Waals surface area (Å²) in [7, 11) is 0. The van der Waals surface area contributed by atoms with Gasteiger partial charge in [-0.1, -0.05) is 0 Å². The molecule has 1 heterocycles. The van der Waals surface area contributed by atoms with Crippen molar-refractivity contribution in [2.24, 2.45) is 0 Å². The van der Waals surface area contributed by atoms with Gasteiger partial charge in [0, 0.05) is 28.3 Å². The van der Waals surface area contributed by atoms with Crippen molar-refractivity contribution in [3.63, 3.8) is 0 Å². The van der Waals surface area contributed by atoms with Crippen LogP contribution in [-0.2, 0) is 0 Å². The van der Waals surface area contributed by atoms with Gasteiger partial charge in [-0.3, -0.25) is 14.9 Å². The molecule has 1 aliphatic heterocycles. The molecule has 8 heteroatoms. The first-order chi connectivity index (χ1) is 9.08. The Balaban J connectivity index is 0.00000200. The van der Waals surface area contributed by atoms with Crippen molar-refractivity contribution < 1.29 is 9.72 Å². The summed E-state index contributed by atoms with van der Waals surface area (Å²) < 4.78 is 0.587. The van der Waals surface area contributed by atoms with Gasteiger partial charge in [0.1, 0.15) is 0 Å². The molecule has 2 N–H and O–H groups in total. The molecule has 0 saturated carbocycles. The fraction of sp³-hybridized carbons (Fsp3) is 0.417. The van der Waals surface area contributed by atoms with Gasteiger partial charge in [-0.25, -0.2) is 0 Å². The summed E-state index contributed by atoms with van der Waals surface area (Å²) in [6, 6.07) is 4.59. The second kappa shape index (κ2) is 7.75. The van der Waals surface area contributed by atoms with Crippen molar-refractivity contribution in [1.82, 2.24) is 10.6 Å². The Morgan fingerprint density at radius 1 is 1.55 bits per heavy atom. The molecule has 0 radical (unpaired) electrons. The van der Waals surface area contributed by atoms with E-state index in [9.17, 15) is 14.9 Å². The lowest BCUT2D eigenvalue weighted by Crippen LogP contribution is -2.37. The van der Waals surface area contributed by atoms with E-state index in [-0.39, 0.29) is 24.0 Å². The van der Waals surface area contributed by atoms with Crippen LogP contribution in [0.1, 0.15) is 23.2 Å². The summed E-state index contributed by atoms with van der Waals surface area (Å²) >= 11 is 1.94. The van der Waals surface area contributed by atoms with Crippen molar-refractivity contribution in [2.45, 2.75) is 18.9 Å². The van der Waals surface area contributed by atoms with E-state index in [4.69, 9.17) is 0 Å². The number of rotatable bonds is 4. The van der Waals surface area contributed by atoms with Crippen LogP contribution in [0.2, 0.25) is 0 Å². The number of hydrogen-bond donors (Lipinski definition) is 2. The van der Waals surface area contributed by atoms with Crippen LogP contribution in [0.25, 0.3) is 0 Å². The first-order valence-corrected chi connectivity index (χ1v) is 7.11. The van der Waals surface area contributed by atoms with E-state index in [1.165, 1.54) is 18.2 Å². The summed E-state index contributed by atoms with van der Waals surface area (Å²) in [6.07, 6.45) is 2.20. The minimum Gasteiger partial charge on any atom is -0.350 e. The highest BCUT2D eigenvalue weighted by atomic mass is 127. The van der Waals surface area contributed by atoms with Gasteiger partial charge in [0.2, 0.25) is 0 Å². The molecule has 0 spiro atoms. The van der Waals surface area contributed by atoms with Crippen LogP contribution in [-0.4, -0.2) is 30.0 Å². The van der Waals surface area contributed by atoms with E-state index >= 15 is 0 Å². The number of amides is 1. The van der Waals surface area contributed by atoms with Gasteiger partial charge in [0.25, 0.3) is 11.6 Å². The molecule has 1 amide bonds. The van der Waals surface area contributed by atoms with Crippen molar-refractivity contribution in [2.75, 3.05) is 13.1 Å². The van der Waals surface area contributed by atoms with Crippen LogP contribution in [0.15, 0.2) is 18.2 Å². The van der Waals surface area contributed by atoms with Crippen LogP contribution >= 0.6 is 35.0 Å². The molecular weight excluding hydrogens is 397 g/mol. The molecule has 1 fully saturated rings. The van der Waals surface area contributed by atoms with E-state index in [0.717, 1.165) is 19.4 Å². The maximum atomic E-state index is 12.0. The number of benzene rings is 1. The van der Waals surface area contributed by atoms with Crippen molar-refractivity contribution >= 4 is 46.6 Å². The molecule has 1 atom stereocenters. The van der Waals surface area contributed by atoms with Crippen molar-refractivity contribution in [1.29, 1.82) is 0 Å². The number of nitrogens with zero attached hydrogens (tertiary/aromatic N) is 1. The Bertz CT molecular complexity index is 507. The SMILES string of the molecule is Cl.O=C(NCC1CCCN1)c1ccc([N+](=O)[O-])cc1I. The Morgan fingerprint density at radius 2 is 2.30 bits per heavy atom. The smallest absolute Gasteiger partial charge is 0.270 e. The largest absolute Gasteiger partial charge is 0.350 e. The summed E-state index contributed by atoms with van der Waals surface area (Å²) in [5.41, 5.74) is 0.475. The predicted molar refractivity (Wildman–Crippen MR) is 86.4 cm³/mol. The minimum absolute atomic E-state index is 0. The number of carbonyl (C=O) groups excluding carboxylic acids is 1. The second-order valence-corrected chi connectivity index (χ2v) is 5.59. The zero-order chi connectivity index (χ0) is 13.8. The number of nitro groups is 1. The molecule has 0 aliphatic carbocycles. The molecule has 1 aromatic rings. The molecule has 0 bridgehead atoms. The standard InChI is InChI=1S/C12H14IN3O3.ClH/c13-11-6-9(16(18)19)3-4-10(11)12(17)15-7-8-2-1-5-14-8;/h3-4,6,8,14H,1-2,5,7H2,(H,15,17);1H. The fourth-order valence-electron chi connectivity index (χ4n) is 2.04. The lowest BCUT2D eigenvalue weighted by Gasteiger charge is -2.12. The molecule has 1 aromatic carbocycles. The van der Waals surface area contributed by atoms with Gasteiger partial charge in [-0.2, -0.15) is 0 Å². The average Bonchev–Trinajstić information content (AvgIpc) is 2.88. The molecule has 1 unspecified atom stereocenters. The van der Waals surface area contributed by atoms with E-state index < -0.39 is 4.92 Å². The summed E-state index contributed by atoms with van der Waals surface area (Å²) in [5.74, 6) is -0.187. The first kappa shape index (κ1) is 17.1. The normalized spacial score (nSPS) is 17.4. The molecule has 1 aliphatic rings. The van der Waals surface area contributed by atoms with Crippen LogP contribution in [0.4, 0.5) is 5.69 Å². The zero-order valence-electron chi connectivity index (χ0n) is 10.6. The predicted octanol–water partition coefficient (Wildman–Crippen LogP) is 2.10. The van der Waals surface area contributed by atoms with Crippen LogP contribution in [0.3, 0.4) is 0 Å². The van der Waals surface area contributed by atoms with E-state index in [1.807, 2.05) is 22.6 Å². The molecule has 6 nitrogen and oxygen atoms in total. The Hall–Kier alpha value is -0.930. The highest BCUT2D eigenvalue weighted by molar-refractivity contribution is 14.1. The Kier molecular flexibility index (Phi) is 6.63. The lowest BCUT2D eigenvalue weighted by atomic mass is 10.2. The second-order valence-electron chi connectivity index (χ2n) is 4.42. The minimum atomic E-state index is -0.466. The molecule has 110 valence electrons. The maximum Gasteiger partial charge on any atom is 0.270 e. The average molecular weight is 412 g/mol. The Morgan fingerprint density at radius 3 is 2.85 bits per heavy atom. The highest BCUT2D eigenvalue weighted by Gasteiger charge is 2.17. The Labute approximate surface area is 136 Å². The molecule has 1 saturated heterocycles. The summed E-state index contributed by atoms with van der Waals surface area (Å²) in [4.78, 5) is 22.2. The monoisotopic (exact) mass is 411 g/mol. The third-order valence-electron chi connectivity index (χ3n) is 3.08. The molecule has 20 heavy (non-hydrogen) atoms. The third kappa shape index (κ3) is 4.29. The molecule has 0 aromatic heterocycles. The van der Waals surface area contributed by atoms with Crippen LogP contribution < -0.4 is 10.6 Å². The van der Waals surface area contributed by atoms with Gasteiger partial charge in [0.15, 0.2) is 0 Å². The number of hydrogen-bond acceptors (Lipinski definition) is 4. The van der Waals surface area contributed by atoms with Crippen molar-refractivity contribution in [3.05, 3.63) is 37.4 Å². The number of nitro benzene ring substituents is 1. The summed E-state index contributed by atoms with van der Waals surface area (Å²) in [6.45, 7) is 1.58. The number of carbonyl (C=O) groups is 1. The van der Waals surface area contributed by atoms with Crippen molar-refractivity contribution in [3.8, 4) is 0 Å². The van der Waals surface area contributed by atoms with E-state index in [1.54, 1.807) is 0 Å². The lowest BCUT2D eigenvalue weighted by molar-refractivity contribution is -0.384. The number of nitrogens with one attached hydrogen (secondary N) is 2. The maximum absolute atomic E-state index is 12.0. The van der Waals surface area contributed by atoms with Gasteiger partial charge < -0.3 is 10.6 Å². The van der Waals surface area contributed by atoms with Crippen LogP contribution in [0, 0.1) is 13.7 Å². The van der Waals surface area contributed by atoms with Gasteiger partial charge >= 0.3 is 0 Å². The first-order valence-electron chi connectivity index (χ1n) is 6.03. The summed E-state index contributed by atoms with van der Waals surface area (Å²) in [5, 5.41) is 16.8. The highest BCUT2D eigenvalue weighted by Crippen LogP contribution is 2.19. The van der Waals surface area contributed by atoms with Gasteiger partial charge in [-0.15, -0.1) is 12.4 Å². The van der Waals surface area contributed by atoms with Crippen LogP contribution in [0.5, 0.6) is 0 Å². The zero-order valence-corrected chi connectivity index (χ0v) is 13.6. The number of halogens is 2. The van der Waals surface area contributed by atoms with E-state index in [2.05, 4.69) is 10.6 Å². The van der Waals surface area contributed by atoms with E-state index in [0.29, 0.717) is 21.7 Å². The van der Waals surface area contributed by atoms with Gasteiger partial charge in [-0.05, 0) is 48.0 Å². The molecule has 2 rings (SSSR count). The quantitative estimate of drug-likeness (QED) is 0.451.